The van der Waals surface area contributed by atoms with Gasteiger partial charge < -0.3 is 15.2 Å². The van der Waals surface area contributed by atoms with Gasteiger partial charge in [-0.3, -0.25) is 9.59 Å². The summed E-state index contributed by atoms with van der Waals surface area (Å²) >= 11 is 1.45. The van der Waals surface area contributed by atoms with E-state index in [1.807, 2.05) is 0 Å². The SMILES string of the molecule is CC[C@@H]1CCc2c(sc(NC(=O)[C@@H]3CCCC[C@@H]3C(=O)O)c2C(=O)OC)C1. The van der Waals surface area contributed by atoms with Crippen LogP contribution in [0.1, 0.15) is 66.2 Å². The quantitative estimate of drug-likeness (QED) is 0.741. The normalized spacial score (nSPS) is 24.7. The van der Waals surface area contributed by atoms with Crippen LogP contribution in [-0.4, -0.2) is 30.1 Å². The number of thiophene rings is 1. The highest BCUT2D eigenvalue weighted by atomic mass is 32.1. The van der Waals surface area contributed by atoms with Crippen LogP contribution in [0.15, 0.2) is 0 Å². The minimum atomic E-state index is -0.917. The number of anilines is 1. The third kappa shape index (κ3) is 4.03. The molecule has 1 aromatic heterocycles. The number of esters is 1. The molecule has 6 nitrogen and oxygen atoms in total. The number of nitrogens with one attached hydrogen (secondary N) is 1. The number of carbonyl (C=O) groups is 3. The molecule has 2 aliphatic rings. The summed E-state index contributed by atoms with van der Waals surface area (Å²) in [4.78, 5) is 37.9. The van der Waals surface area contributed by atoms with Gasteiger partial charge in [-0.05, 0) is 43.6 Å². The maximum absolute atomic E-state index is 12.9. The molecular formula is C20H27NO5S. The van der Waals surface area contributed by atoms with E-state index in [0.29, 0.717) is 29.3 Å². The van der Waals surface area contributed by atoms with E-state index < -0.39 is 23.8 Å². The molecule has 0 radical (unpaired) electrons. The minimum absolute atomic E-state index is 0.294. The lowest BCUT2D eigenvalue weighted by atomic mass is 9.78. The molecule has 1 aromatic rings. The topological polar surface area (TPSA) is 92.7 Å². The molecule has 2 aliphatic carbocycles. The fourth-order valence-corrected chi connectivity index (χ4v) is 5.71. The van der Waals surface area contributed by atoms with Gasteiger partial charge in [0.15, 0.2) is 0 Å². The standard InChI is InChI=1S/C20H27NO5S/c1-3-11-8-9-14-15(10-11)27-18(16(14)20(25)26-2)21-17(22)12-6-4-5-7-13(12)19(23)24/h11-13H,3-10H2,1-2H3,(H,21,22)(H,23,24)/t11-,12-,13+/m1/s1. The Balaban J connectivity index is 1.87. The summed E-state index contributed by atoms with van der Waals surface area (Å²) in [6, 6.07) is 0. The molecule has 0 unspecified atom stereocenters. The van der Waals surface area contributed by atoms with E-state index >= 15 is 0 Å². The Morgan fingerprint density at radius 1 is 1.19 bits per heavy atom. The van der Waals surface area contributed by atoms with E-state index in [9.17, 15) is 19.5 Å². The molecule has 3 atom stereocenters. The number of hydrogen-bond acceptors (Lipinski definition) is 5. The lowest BCUT2D eigenvalue weighted by Gasteiger charge is -2.27. The van der Waals surface area contributed by atoms with Crippen molar-refractivity contribution >= 4 is 34.2 Å². The summed E-state index contributed by atoms with van der Waals surface area (Å²) in [6.45, 7) is 2.17. The zero-order valence-corrected chi connectivity index (χ0v) is 16.7. The third-order valence-corrected chi connectivity index (χ3v) is 7.16. The van der Waals surface area contributed by atoms with E-state index in [2.05, 4.69) is 12.2 Å². The Morgan fingerprint density at radius 3 is 2.52 bits per heavy atom. The summed E-state index contributed by atoms with van der Waals surface area (Å²) in [5.74, 6) is -2.25. The summed E-state index contributed by atoms with van der Waals surface area (Å²) in [5, 5.41) is 12.8. The molecule has 2 N–H and O–H groups in total. The average molecular weight is 394 g/mol. The van der Waals surface area contributed by atoms with Crippen molar-refractivity contribution in [3.8, 4) is 0 Å². The van der Waals surface area contributed by atoms with Crippen LogP contribution in [0.4, 0.5) is 5.00 Å². The van der Waals surface area contributed by atoms with E-state index in [0.717, 1.165) is 49.0 Å². The number of methoxy groups -OCH3 is 1. The highest BCUT2D eigenvalue weighted by Crippen LogP contribution is 2.41. The first-order chi connectivity index (χ1) is 13.0. The van der Waals surface area contributed by atoms with Gasteiger partial charge >= 0.3 is 11.9 Å². The van der Waals surface area contributed by atoms with Crippen molar-refractivity contribution in [2.75, 3.05) is 12.4 Å². The Morgan fingerprint density at radius 2 is 1.89 bits per heavy atom. The first kappa shape index (κ1) is 19.9. The zero-order chi connectivity index (χ0) is 19.6. The molecular weight excluding hydrogens is 366 g/mol. The van der Waals surface area contributed by atoms with Crippen LogP contribution in [0, 0.1) is 17.8 Å². The predicted molar refractivity (Wildman–Crippen MR) is 103 cm³/mol. The first-order valence-electron chi connectivity index (χ1n) is 9.72. The van der Waals surface area contributed by atoms with Gasteiger partial charge in [0.1, 0.15) is 5.00 Å². The predicted octanol–water partition coefficient (Wildman–Crippen LogP) is 3.88. The van der Waals surface area contributed by atoms with Gasteiger partial charge in [-0.25, -0.2) is 4.79 Å². The van der Waals surface area contributed by atoms with Crippen molar-refractivity contribution in [2.45, 2.75) is 58.3 Å². The highest BCUT2D eigenvalue weighted by Gasteiger charge is 2.37. The summed E-state index contributed by atoms with van der Waals surface area (Å²) in [5.41, 5.74) is 1.45. The molecule has 1 saturated carbocycles. The second-order valence-electron chi connectivity index (χ2n) is 7.54. The van der Waals surface area contributed by atoms with Crippen LogP contribution in [-0.2, 0) is 27.2 Å². The number of rotatable bonds is 5. The molecule has 0 saturated heterocycles. The molecule has 148 valence electrons. The van der Waals surface area contributed by atoms with Gasteiger partial charge in [0, 0.05) is 4.88 Å². The van der Waals surface area contributed by atoms with Crippen molar-refractivity contribution in [1.29, 1.82) is 0 Å². The van der Waals surface area contributed by atoms with Gasteiger partial charge in [-0.2, -0.15) is 0 Å². The van der Waals surface area contributed by atoms with Crippen LogP contribution in [0.5, 0.6) is 0 Å². The van der Waals surface area contributed by atoms with E-state index in [-0.39, 0.29) is 5.91 Å². The highest BCUT2D eigenvalue weighted by molar-refractivity contribution is 7.17. The second kappa shape index (κ2) is 8.42. The Labute approximate surface area is 163 Å². The van der Waals surface area contributed by atoms with Crippen molar-refractivity contribution in [1.82, 2.24) is 0 Å². The molecule has 1 fully saturated rings. The maximum atomic E-state index is 12.9. The Bertz CT molecular complexity index is 741. The fourth-order valence-electron chi connectivity index (χ4n) is 4.35. The lowest BCUT2D eigenvalue weighted by Crippen LogP contribution is -2.36. The van der Waals surface area contributed by atoms with Gasteiger partial charge in [-0.1, -0.05) is 26.2 Å². The monoisotopic (exact) mass is 393 g/mol. The van der Waals surface area contributed by atoms with Crippen molar-refractivity contribution in [3.63, 3.8) is 0 Å². The number of fused-ring (bicyclic) bond motifs is 1. The zero-order valence-electron chi connectivity index (χ0n) is 15.9. The van der Waals surface area contributed by atoms with Crippen molar-refractivity contribution in [2.24, 2.45) is 17.8 Å². The van der Waals surface area contributed by atoms with E-state index in [4.69, 9.17) is 4.74 Å². The molecule has 0 spiro atoms. The number of carbonyl (C=O) groups excluding carboxylic acids is 2. The number of hydrogen-bond donors (Lipinski definition) is 2. The van der Waals surface area contributed by atoms with Crippen LogP contribution in [0.25, 0.3) is 0 Å². The molecule has 0 aromatic carbocycles. The Kier molecular flexibility index (Phi) is 6.19. The summed E-state index contributed by atoms with van der Waals surface area (Å²) in [7, 11) is 1.34. The summed E-state index contributed by atoms with van der Waals surface area (Å²) in [6.07, 6.45) is 6.63. The van der Waals surface area contributed by atoms with Crippen molar-refractivity contribution < 1.29 is 24.2 Å². The van der Waals surface area contributed by atoms with Gasteiger partial charge in [0.25, 0.3) is 0 Å². The number of amides is 1. The smallest absolute Gasteiger partial charge is 0.341 e. The molecule has 0 bridgehead atoms. The van der Waals surface area contributed by atoms with Crippen LogP contribution >= 0.6 is 11.3 Å². The lowest BCUT2D eigenvalue weighted by molar-refractivity contribution is -0.147. The number of ether oxygens (including phenoxy) is 1. The molecule has 1 heterocycles. The van der Waals surface area contributed by atoms with Crippen LogP contribution in [0.2, 0.25) is 0 Å². The first-order valence-corrected chi connectivity index (χ1v) is 10.5. The fraction of sp³-hybridized carbons (Fsp3) is 0.650. The van der Waals surface area contributed by atoms with Gasteiger partial charge in [0.2, 0.25) is 5.91 Å². The van der Waals surface area contributed by atoms with Crippen LogP contribution in [0.3, 0.4) is 0 Å². The maximum Gasteiger partial charge on any atom is 0.341 e. The van der Waals surface area contributed by atoms with Crippen LogP contribution < -0.4 is 5.32 Å². The summed E-state index contributed by atoms with van der Waals surface area (Å²) < 4.78 is 4.96. The van der Waals surface area contributed by atoms with Crippen molar-refractivity contribution in [3.05, 3.63) is 16.0 Å². The van der Waals surface area contributed by atoms with E-state index in [1.165, 1.54) is 18.4 Å². The largest absolute Gasteiger partial charge is 0.481 e. The van der Waals surface area contributed by atoms with E-state index in [1.54, 1.807) is 0 Å². The molecule has 7 heteroatoms. The molecule has 3 rings (SSSR count). The number of carboxylic acids is 1. The molecule has 0 aliphatic heterocycles. The van der Waals surface area contributed by atoms with Gasteiger partial charge in [0.05, 0.1) is 24.5 Å². The Hall–Kier alpha value is -1.89. The number of carboxylic acid groups (broad SMARTS) is 1. The second-order valence-corrected chi connectivity index (χ2v) is 8.65. The minimum Gasteiger partial charge on any atom is -0.481 e. The molecule has 27 heavy (non-hydrogen) atoms. The van der Waals surface area contributed by atoms with Gasteiger partial charge in [-0.15, -0.1) is 11.3 Å². The number of aliphatic carboxylic acids is 1. The third-order valence-electron chi connectivity index (χ3n) is 5.99. The average Bonchev–Trinajstić information content (AvgIpc) is 3.03. The molecule has 1 amide bonds.